The van der Waals surface area contributed by atoms with E-state index in [0.29, 0.717) is 28.2 Å². The van der Waals surface area contributed by atoms with E-state index in [1.165, 1.54) is 20.3 Å². The molecular weight excluding hydrogens is 358 g/mol. The number of carbonyl (C=O) groups is 2. The van der Waals surface area contributed by atoms with Gasteiger partial charge < -0.3 is 19.5 Å². The fourth-order valence-corrected chi connectivity index (χ4v) is 2.82. The molecule has 0 saturated heterocycles. The Morgan fingerprint density at radius 1 is 1.12 bits per heavy atom. The molecule has 0 unspecified atom stereocenters. The minimum Gasteiger partial charge on any atom is -0.497 e. The van der Waals surface area contributed by atoms with E-state index in [4.69, 9.17) is 14.2 Å². The molecule has 0 fully saturated rings. The Labute approximate surface area is 153 Å². The Kier molecular flexibility index (Phi) is 5.28. The van der Waals surface area contributed by atoms with Crippen molar-refractivity contribution in [3.63, 3.8) is 0 Å². The highest BCUT2D eigenvalue weighted by Crippen LogP contribution is 2.25. The van der Waals surface area contributed by atoms with Crippen molar-refractivity contribution in [2.24, 2.45) is 0 Å². The number of fused-ring (bicyclic) bond motifs is 1. The molecule has 9 heteroatoms. The Morgan fingerprint density at radius 2 is 1.96 bits per heavy atom. The summed E-state index contributed by atoms with van der Waals surface area (Å²) in [5.74, 6) is -0.311. The Bertz CT molecular complexity index is 956. The number of anilines is 1. The molecule has 1 aromatic heterocycles. The van der Waals surface area contributed by atoms with Crippen LogP contribution in [-0.2, 0) is 9.53 Å². The molecule has 0 aliphatic carbocycles. The maximum atomic E-state index is 12.2. The van der Waals surface area contributed by atoms with Crippen LogP contribution in [0.4, 0.5) is 5.69 Å². The molecule has 0 spiro atoms. The number of amides is 1. The maximum absolute atomic E-state index is 12.2. The van der Waals surface area contributed by atoms with Crippen LogP contribution in [0.5, 0.6) is 11.5 Å². The van der Waals surface area contributed by atoms with Crippen molar-refractivity contribution >= 4 is 40.3 Å². The molecule has 3 rings (SSSR count). The van der Waals surface area contributed by atoms with E-state index in [2.05, 4.69) is 14.1 Å². The highest BCUT2D eigenvalue weighted by molar-refractivity contribution is 7.00. The molecule has 3 aromatic rings. The standard InChI is InChI=1S/C17H15N3O5S/c1-23-10-6-7-11(14(8-10)24-2)17(22)25-9-15(21)18-12-4-3-5-13-16(12)20-26-19-13/h3-8H,9H2,1-2H3,(H,18,21). The fourth-order valence-electron chi connectivity index (χ4n) is 2.27. The average molecular weight is 373 g/mol. The molecule has 2 aromatic carbocycles. The lowest BCUT2D eigenvalue weighted by Crippen LogP contribution is -2.21. The zero-order chi connectivity index (χ0) is 18.5. The lowest BCUT2D eigenvalue weighted by atomic mass is 10.2. The van der Waals surface area contributed by atoms with E-state index in [1.807, 2.05) is 0 Å². The van der Waals surface area contributed by atoms with Crippen LogP contribution in [0.25, 0.3) is 11.0 Å². The van der Waals surface area contributed by atoms with E-state index >= 15 is 0 Å². The lowest BCUT2D eigenvalue weighted by Gasteiger charge is -2.10. The number of esters is 1. The van der Waals surface area contributed by atoms with Gasteiger partial charge in [-0.05, 0) is 24.3 Å². The minimum absolute atomic E-state index is 0.201. The van der Waals surface area contributed by atoms with E-state index in [0.717, 1.165) is 11.7 Å². The van der Waals surface area contributed by atoms with Crippen LogP contribution >= 0.6 is 11.7 Å². The average Bonchev–Trinajstić information content (AvgIpc) is 3.15. The van der Waals surface area contributed by atoms with Crippen molar-refractivity contribution in [2.75, 3.05) is 26.1 Å². The molecule has 1 amide bonds. The maximum Gasteiger partial charge on any atom is 0.342 e. The number of ether oxygens (including phenoxy) is 3. The highest BCUT2D eigenvalue weighted by Gasteiger charge is 2.17. The SMILES string of the molecule is COc1ccc(C(=O)OCC(=O)Nc2cccc3nsnc23)c(OC)c1. The van der Waals surface area contributed by atoms with Gasteiger partial charge in [0.1, 0.15) is 28.1 Å². The summed E-state index contributed by atoms with van der Waals surface area (Å²) < 4.78 is 23.5. The predicted octanol–water partition coefficient (Wildman–Crippen LogP) is 2.50. The van der Waals surface area contributed by atoms with E-state index in [1.54, 1.807) is 30.3 Å². The number of methoxy groups -OCH3 is 2. The van der Waals surface area contributed by atoms with Crippen molar-refractivity contribution in [1.29, 1.82) is 0 Å². The van der Waals surface area contributed by atoms with E-state index in [9.17, 15) is 9.59 Å². The molecule has 0 aliphatic rings. The third-order valence-corrected chi connectivity index (χ3v) is 4.07. The zero-order valence-electron chi connectivity index (χ0n) is 14.0. The van der Waals surface area contributed by atoms with Crippen LogP contribution in [-0.4, -0.2) is 41.5 Å². The van der Waals surface area contributed by atoms with Gasteiger partial charge in [-0.3, -0.25) is 4.79 Å². The monoisotopic (exact) mass is 373 g/mol. The second-order valence-electron chi connectivity index (χ2n) is 5.13. The van der Waals surface area contributed by atoms with Gasteiger partial charge in [-0.1, -0.05) is 6.07 Å². The van der Waals surface area contributed by atoms with Crippen LogP contribution in [0.1, 0.15) is 10.4 Å². The summed E-state index contributed by atoms with van der Waals surface area (Å²) in [6, 6.07) is 9.94. The summed E-state index contributed by atoms with van der Waals surface area (Å²) in [5, 5.41) is 2.66. The summed E-state index contributed by atoms with van der Waals surface area (Å²) in [6.07, 6.45) is 0. The fraction of sp³-hybridized carbons (Fsp3) is 0.176. The number of hydrogen-bond donors (Lipinski definition) is 1. The number of aromatic nitrogens is 2. The number of rotatable bonds is 6. The van der Waals surface area contributed by atoms with Crippen molar-refractivity contribution in [1.82, 2.24) is 8.75 Å². The third kappa shape index (κ3) is 3.72. The van der Waals surface area contributed by atoms with Gasteiger partial charge in [0, 0.05) is 6.07 Å². The first-order valence-electron chi connectivity index (χ1n) is 7.52. The third-order valence-electron chi connectivity index (χ3n) is 3.52. The topological polar surface area (TPSA) is 99.6 Å². The van der Waals surface area contributed by atoms with Crippen LogP contribution in [0.3, 0.4) is 0 Å². The highest BCUT2D eigenvalue weighted by atomic mass is 32.1. The zero-order valence-corrected chi connectivity index (χ0v) is 14.8. The molecule has 0 saturated carbocycles. The molecule has 0 aliphatic heterocycles. The smallest absolute Gasteiger partial charge is 0.342 e. The molecule has 26 heavy (non-hydrogen) atoms. The first-order valence-corrected chi connectivity index (χ1v) is 8.25. The summed E-state index contributed by atoms with van der Waals surface area (Å²) in [7, 11) is 2.94. The number of carbonyl (C=O) groups excluding carboxylic acids is 2. The number of benzene rings is 2. The van der Waals surface area contributed by atoms with Gasteiger partial charge in [0.15, 0.2) is 6.61 Å². The van der Waals surface area contributed by atoms with Crippen molar-refractivity contribution in [2.45, 2.75) is 0 Å². The van der Waals surface area contributed by atoms with Crippen LogP contribution in [0.2, 0.25) is 0 Å². The van der Waals surface area contributed by atoms with E-state index in [-0.39, 0.29) is 5.56 Å². The van der Waals surface area contributed by atoms with Gasteiger partial charge in [-0.2, -0.15) is 8.75 Å². The van der Waals surface area contributed by atoms with E-state index < -0.39 is 18.5 Å². The molecule has 1 N–H and O–H groups in total. The molecular formula is C17H15N3O5S. The van der Waals surface area contributed by atoms with Crippen molar-refractivity contribution < 1.29 is 23.8 Å². The normalized spacial score (nSPS) is 10.4. The summed E-state index contributed by atoms with van der Waals surface area (Å²) >= 11 is 1.06. The van der Waals surface area contributed by atoms with Gasteiger partial charge in [-0.15, -0.1) is 0 Å². The molecule has 134 valence electrons. The largest absolute Gasteiger partial charge is 0.497 e. The molecule has 1 heterocycles. The second-order valence-corrected chi connectivity index (χ2v) is 5.66. The van der Waals surface area contributed by atoms with Crippen molar-refractivity contribution in [3.8, 4) is 11.5 Å². The summed E-state index contributed by atoms with van der Waals surface area (Å²) in [6.45, 7) is -0.442. The molecule has 0 bridgehead atoms. The lowest BCUT2D eigenvalue weighted by molar-refractivity contribution is -0.119. The second kappa shape index (κ2) is 7.79. The number of nitrogens with one attached hydrogen (secondary N) is 1. The quantitative estimate of drug-likeness (QED) is 0.663. The molecule has 8 nitrogen and oxygen atoms in total. The van der Waals surface area contributed by atoms with Crippen LogP contribution < -0.4 is 14.8 Å². The minimum atomic E-state index is -0.673. The molecule has 0 atom stereocenters. The molecule has 0 radical (unpaired) electrons. The Morgan fingerprint density at radius 3 is 2.73 bits per heavy atom. The number of nitrogens with zero attached hydrogens (tertiary/aromatic N) is 2. The first kappa shape index (κ1) is 17.6. The van der Waals surface area contributed by atoms with Crippen LogP contribution in [0.15, 0.2) is 36.4 Å². The number of hydrogen-bond acceptors (Lipinski definition) is 8. The Balaban J connectivity index is 1.64. The first-order chi connectivity index (χ1) is 12.6. The van der Waals surface area contributed by atoms with Crippen molar-refractivity contribution in [3.05, 3.63) is 42.0 Å². The summed E-state index contributed by atoms with van der Waals surface area (Å²) in [5.41, 5.74) is 1.99. The Hall–Kier alpha value is -3.20. The van der Waals surface area contributed by atoms with Gasteiger partial charge in [-0.25, -0.2) is 4.79 Å². The van der Waals surface area contributed by atoms with Crippen LogP contribution in [0, 0.1) is 0 Å². The predicted molar refractivity (Wildman–Crippen MR) is 95.9 cm³/mol. The van der Waals surface area contributed by atoms with Gasteiger partial charge >= 0.3 is 5.97 Å². The summed E-state index contributed by atoms with van der Waals surface area (Å²) in [4.78, 5) is 24.3. The van der Waals surface area contributed by atoms with Gasteiger partial charge in [0.2, 0.25) is 0 Å². The van der Waals surface area contributed by atoms with Gasteiger partial charge in [0.05, 0.1) is 31.6 Å². The van der Waals surface area contributed by atoms with Gasteiger partial charge in [0.25, 0.3) is 5.91 Å².